The lowest BCUT2D eigenvalue weighted by Crippen LogP contribution is -2.25. The summed E-state index contributed by atoms with van der Waals surface area (Å²) in [4.78, 5) is 0. The van der Waals surface area contributed by atoms with Crippen molar-refractivity contribution < 1.29 is 9.84 Å². The molecular formula is C17H19BrO2. The van der Waals surface area contributed by atoms with Gasteiger partial charge < -0.3 is 9.84 Å². The molecular weight excluding hydrogens is 316 g/mol. The normalized spacial score (nSPS) is 13.8. The standard InChI is InChI=1S/C17H19BrO2/c1-12-6-4-5-7-15(12)17(2,19)11-13-10-14(20-3)8-9-16(13)18/h4-10,19H,11H2,1-3H3. The molecule has 2 nitrogen and oxygen atoms in total. The topological polar surface area (TPSA) is 29.5 Å². The summed E-state index contributed by atoms with van der Waals surface area (Å²) in [7, 11) is 1.65. The molecule has 0 amide bonds. The third-order valence-electron chi connectivity index (χ3n) is 3.51. The second-order valence-electron chi connectivity index (χ2n) is 5.22. The first-order valence-electron chi connectivity index (χ1n) is 6.55. The van der Waals surface area contributed by atoms with Crippen molar-refractivity contribution in [3.05, 3.63) is 63.6 Å². The molecule has 0 heterocycles. The lowest BCUT2D eigenvalue weighted by molar-refractivity contribution is 0.0568. The molecule has 0 spiro atoms. The Morgan fingerprint density at radius 2 is 1.90 bits per heavy atom. The van der Waals surface area contributed by atoms with Crippen molar-refractivity contribution >= 4 is 15.9 Å². The van der Waals surface area contributed by atoms with Gasteiger partial charge in [-0.2, -0.15) is 0 Å². The van der Waals surface area contributed by atoms with Gasteiger partial charge in [-0.05, 0) is 48.7 Å². The van der Waals surface area contributed by atoms with Gasteiger partial charge in [0.25, 0.3) is 0 Å². The van der Waals surface area contributed by atoms with Crippen LogP contribution in [0, 0.1) is 6.92 Å². The summed E-state index contributed by atoms with van der Waals surface area (Å²) in [5.74, 6) is 0.795. The Morgan fingerprint density at radius 3 is 2.55 bits per heavy atom. The van der Waals surface area contributed by atoms with Crippen molar-refractivity contribution in [2.75, 3.05) is 7.11 Å². The van der Waals surface area contributed by atoms with Gasteiger partial charge in [0.1, 0.15) is 5.75 Å². The van der Waals surface area contributed by atoms with Crippen molar-refractivity contribution in [1.82, 2.24) is 0 Å². The number of ether oxygens (including phenoxy) is 1. The van der Waals surface area contributed by atoms with Crippen LogP contribution in [-0.2, 0) is 12.0 Å². The Labute approximate surface area is 128 Å². The molecule has 0 aliphatic rings. The molecule has 0 fully saturated rings. The maximum atomic E-state index is 10.8. The van der Waals surface area contributed by atoms with Crippen molar-refractivity contribution in [2.24, 2.45) is 0 Å². The molecule has 2 aromatic carbocycles. The van der Waals surface area contributed by atoms with Crippen LogP contribution in [0.1, 0.15) is 23.6 Å². The highest BCUT2D eigenvalue weighted by Crippen LogP contribution is 2.32. The molecule has 0 bridgehead atoms. The van der Waals surface area contributed by atoms with Gasteiger partial charge in [-0.3, -0.25) is 0 Å². The minimum Gasteiger partial charge on any atom is -0.497 e. The lowest BCUT2D eigenvalue weighted by Gasteiger charge is -2.26. The number of halogens is 1. The molecule has 1 N–H and O–H groups in total. The van der Waals surface area contributed by atoms with E-state index in [1.165, 1.54) is 0 Å². The summed E-state index contributed by atoms with van der Waals surface area (Å²) in [6.45, 7) is 3.87. The van der Waals surface area contributed by atoms with Gasteiger partial charge in [-0.25, -0.2) is 0 Å². The van der Waals surface area contributed by atoms with E-state index < -0.39 is 5.60 Å². The minimum absolute atomic E-state index is 0.523. The van der Waals surface area contributed by atoms with E-state index in [9.17, 15) is 5.11 Å². The Kier molecular flexibility index (Phi) is 4.51. The Morgan fingerprint density at radius 1 is 1.20 bits per heavy atom. The average Bonchev–Trinajstić information content (AvgIpc) is 2.41. The molecule has 3 heteroatoms. The molecule has 20 heavy (non-hydrogen) atoms. The first-order valence-corrected chi connectivity index (χ1v) is 7.34. The van der Waals surface area contributed by atoms with Crippen LogP contribution in [0.4, 0.5) is 0 Å². The van der Waals surface area contributed by atoms with Crippen LogP contribution in [0.3, 0.4) is 0 Å². The van der Waals surface area contributed by atoms with Crippen LogP contribution in [0.25, 0.3) is 0 Å². The predicted molar refractivity (Wildman–Crippen MR) is 85.1 cm³/mol. The second-order valence-corrected chi connectivity index (χ2v) is 6.08. The van der Waals surface area contributed by atoms with Crippen LogP contribution in [0.2, 0.25) is 0 Å². The highest BCUT2D eigenvalue weighted by atomic mass is 79.9. The van der Waals surface area contributed by atoms with Gasteiger partial charge in [0.2, 0.25) is 0 Å². The summed E-state index contributed by atoms with van der Waals surface area (Å²) in [5.41, 5.74) is 2.16. The van der Waals surface area contributed by atoms with Crippen LogP contribution in [-0.4, -0.2) is 12.2 Å². The van der Waals surface area contributed by atoms with Gasteiger partial charge in [-0.15, -0.1) is 0 Å². The van der Waals surface area contributed by atoms with Crippen LogP contribution in [0.15, 0.2) is 46.9 Å². The zero-order valence-electron chi connectivity index (χ0n) is 12.0. The zero-order chi connectivity index (χ0) is 14.8. The number of hydrogen-bond acceptors (Lipinski definition) is 2. The van der Waals surface area contributed by atoms with Gasteiger partial charge in [-0.1, -0.05) is 40.2 Å². The highest BCUT2D eigenvalue weighted by molar-refractivity contribution is 9.10. The van der Waals surface area contributed by atoms with Crippen molar-refractivity contribution in [2.45, 2.75) is 25.9 Å². The fourth-order valence-corrected chi connectivity index (χ4v) is 2.84. The summed E-state index contributed by atoms with van der Waals surface area (Å²) in [5, 5.41) is 10.8. The van der Waals surface area contributed by atoms with E-state index in [0.29, 0.717) is 6.42 Å². The largest absolute Gasteiger partial charge is 0.497 e. The minimum atomic E-state index is -0.916. The first-order chi connectivity index (χ1) is 9.44. The predicted octanol–water partition coefficient (Wildman–Crippen LogP) is 4.22. The Bertz CT molecular complexity index is 606. The molecule has 0 saturated heterocycles. The maximum Gasteiger partial charge on any atom is 0.119 e. The highest BCUT2D eigenvalue weighted by Gasteiger charge is 2.26. The van der Waals surface area contributed by atoms with Crippen LogP contribution < -0.4 is 4.74 Å². The first kappa shape index (κ1) is 15.1. The second kappa shape index (κ2) is 5.98. The van der Waals surface area contributed by atoms with Crippen molar-refractivity contribution in [3.8, 4) is 5.75 Å². The van der Waals surface area contributed by atoms with E-state index in [1.807, 2.05) is 56.3 Å². The fraction of sp³-hybridized carbons (Fsp3) is 0.294. The Hall–Kier alpha value is -1.32. The van der Waals surface area contributed by atoms with E-state index in [2.05, 4.69) is 15.9 Å². The van der Waals surface area contributed by atoms with E-state index >= 15 is 0 Å². The summed E-state index contributed by atoms with van der Waals surface area (Å²) in [6.07, 6.45) is 0.523. The molecule has 0 aliphatic carbocycles. The van der Waals surface area contributed by atoms with Crippen molar-refractivity contribution in [1.29, 1.82) is 0 Å². The van der Waals surface area contributed by atoms with E-state index in [1.54, 1.807) is 7.11 Å². The van der Waals surface area contributed by atoms with Gasteiger partial charge >= 0.3 is 0 Å². The monoisotopic (exact) mass is 334 g/mol. The van der Waals surface area contributed by atoms with Gasteiger partial charge in [0, 0.05) is 10.9 Å². The third-order valence-corrected chi connectivity index (χ3v) is 4.29. The number of benzene rings is 2. The molecule has 2 rings (SSSR count). The molecule has 1 unspecified atom stereocenters. The molecule has 0 saturated carbocycles. The number of rotatable bonds is 4. The number of aryl methyl sites for hydroxylation is 1. The zero-order valence-corrected chi connectivity index (χ0v) is 13.6. The molecule has 106 valence electrons. The number of hydrogen-bond donors (Lipinski definition) is 1. The quantitative estimate of drug-likeness (QED) is 0.907. The Balaban J connectivity index is 2.35. The average molecular weight is 335 g/mol. The molecule has 0 aliphatic heterocycles. The van der Waals surface area contributed by atoms with E-state index in [-0.39, 0.29) is 0 Å². The smallest absolute Gasteiger partial charge is 0.119 e. The molecule has 1 atom stereocenters. The number of methoxy groups -OCH3 is 1. The van der Waals surface area contributed by atoms with Crippen LogP contribution in [0.5, 0.6) is 5.75 Å². The fourth-order valence-electron chi connectivity index (χ4n) is 2.46. The van der Waals surface area contributed by atoms with Gasteiger partial charge in [0.05, 0.1) is 12.7 Å². The third kappa shape index (κ3) is 3.22. The molecule has 0 radical (unpaired) electrons. The van der Waals surface area contributed by atoms with E-state index in [4.69, 9.17) is 4.74 Å². The number of aliphatic hydroxyl groups is 1. The van der Waals surface area contributed by atoms with Crippen molar-refractivity contribution in [3.63, 3.8) is 0 Å². The summed E-state index contributed by atoms with van der Waals surface area (Å²) in [6, 6.07) is 13.7. The summed E-state index contributed by atoms with van der Waals surface area (Å²) >= 11 is 3.54. The van der Waals surface area contributed by atoms with Gasteiger partial charge in [0.15, 0.2) is 0 Å². The SMILES string of the molecule is COc1ccc(Br)c(CC(C)(O)c2ccccc2C)c1. The summed E-state index contributed by atoms with van der Waals surface area (Å²) < 4.78 is 6.23. The van der Waals surface area contributed by atoms with Crippen LogP contribution >= 0.6 is 15.9 Å². The lowest BCUT2D eigenvalue weighted by atomic mass is 9.86. The molecule has 0 aromatic heterocycles. The maximum absolute atomic E-state index is 10.8. The van der Waals surface area contributed by atoms with E-state index in [0.717, 1.165) is 26.9 Å². The molecule has 2 aromatic rings.